The SMILES string of the molecule is CCC(C)(C)COc1ccnc(OC2CC(NC(C)(C)C)C2)c1. The third-order valence-electron chi connectivity index (χ3n) is 4.31. The molecule has 0 saturated heterocycles. The quantitative estimate of drug-likeness (QED) is 0.818. The van der Waals surface area contributed by atoms with Crippen LogP contribution < -0.4 is 14.8 Å². The van der Waals surface area contributed by atoms with E-state index in [1.165, 1.54) is 0 Å². The summed E-state index contributed by atoms with van der Waals surface area (Å²) in [5.41, 5.74) is 0.345. The normalized spacial score (nSPS) is 21.7. The standard InChI is InChI=1S/C19H32N2O2/c1-7-19(5,6)13-22-15-8-9-20-17(12-15)23-16-10-14(11-16)21-18(2,3)4/h8-9,12,14,16,21H,7,10-11,13H2,1-6H3. The Balaban J connectivity index is 1.80. The molecule has 0 amide bonds. The molecule has 0 unspecified atom stereocenters. The van der Waals surface area contributed by atoms with E-state index in [9.17, 15) is 0 Å². The molecule has 4 heteroatoms. The first-order valence-corrected chi connectivity index (χ1v) is 8.70. The van der Waals surface area contributed by atoms with Gasteiger partial charge in [-0.1, -0.05) is 20.8 Å². The van der Waals surface area contributed by atoms with Gasteiger partial charge in [0.15, 0.2) is 0 Å². The summed E-state index contributed by atoms with van der Waals surface area (Å²) in [6.45, 7) is 13.9. The molecule has 0 bridgehead atoms. The lowest BCUT2D eigenvalue weighted by molar-refractivity contribution is 0.0689. The van der Waals surface area contributed by atoms with E-state index in [4.69, 9.17) is 9.47 Å². The van der Waals surface area contributed by atoms with E-state index in [1.54, 1.807) is 6.20 Å². The molecule has 1 N–H and O–H groups in total. The van der Waals surface area contributed by atoms with Gasteiger partial charge < -0.3 is 14.8 Å². The summed E-state index contributed by atoms with van der Waals surface area (Å²) >= 11 is 0. The molecule has 0 radical (unpaired) electrons. The van der Waals surface area contributed by atoms with Crippen LogP contribution in [0.15, 0.2) is 18.3 Å². The minimum absolute atomic E-state index is 0.160. The molecule has 130 valence electrons. The Labute approximate surface area is 141 Å². The van der Waals surface area contributed by atoms with Crippen LogP contribution in [0.4, 0.5) is 0 Å². The van der Waals surface area contributed by atoms with Crippen LogP contribution in [-0.4, -0.2) is 29.3 Å². The van der Waals surface area contributed by atoms with Crippen molar-refractivity contribution in [2.45, 2.75) is 78.5 Å². The highest BCUT2D eigenvalue weighted by Crippen LogP contribution is 2.28. The molecule has 4 nitrogen and oxygen atoms in total. The van der Waals surface area contributed by atoms with E-state index in [-0.39, 0.29) is 17.1 Å². The Hall–Kier alpha value is -1.29. The zero-order chi connectivity index (χ0) is 17.1. The number of nitrogens with zero attached hydrogens (tertiary/aromatic N) is 1. The number of pyridine rings is 1. The average molecular weight is 320 g/mol. The van der Waals surface area contributed by atoms with Crippen LogP contribution in [0, 0.1) is 5.41 Å². The van der Waals surface area contributed by atoms with Crippen molar-refractivity contribution < 1.29 is 9.47 Å². The Kier molecular flexibility index (Phi) is 5.56. The maximum absolute atomic E-state index is 5.96. The number of ether oxygens (including phenoxy) is 2. The van der Waals surface area contributed by atoms with Crippen LogP contribution in [0.25, 0.3) is 0 Å². The molecule has 1 aliphatic carbocycles. The van der Waals surface area contributed by atoms with Crippen LogP contribution >= 0.6 is 0 Å². The summed E-state index contributed by atoms with van der Waals surface area (Å²) in [5, 5.41) is 3.60. The third kappa shape index (κ3) is 6.02. The molecule has 1 saturated carbocycles. The molecule has 0 spiro atoms. The second-order valence-electron chi connectivity index (χ2n) is 8.44. The lowest BCUT2D eigenvalue weighted by Crippen LogP contribution is -2.53. The van der Waals surface area contributed by atoms with Crippen LogP contribution in [0.5, 0.6) is 11.6 Å². The fraction of sp³-hybridized carbons (Fsp3) is 0.737. The molecular formula is C19H32N2O2. The van der Waals surface area contributed by atoms with E-state index in [1.807, 2.05) is 12.1 Å². The van der Waals surface area contributed by atoms with Gasteiger partial charge in [-0.15, -0.1) is 0 Å². The highest BCUT2D eigenvalue weighted by Gasteiger charge is 2.33. The average Bonchev–Trinajstić information content (AvgIpc) is 2.42. The zero-order valence-electron chi connectivity index (χ0n) is 15.5. The van der Waals surface area contributed by atoms with Crippen LogP contribution in [0.3, 0.4) is 0 Å². The molecule has 0 aliphatic heterocycles. The van der Waals surface area contributed by atoms with Crippen molar-refractivity contribution in [3.63, 3.8) is 0 Å². The molecule has 1 aromatic rings. The summed E-state index contributed by atoms with van der Waals surface area (Å²) in [6.07, 6.45) is 5.17. The summed E-state index contributed by atoms with van der Waals surface area (Å²) in [6, 6.07) is 4.34. The van der Waals surface area contributed by atoms with Gasteiger partial charge in [0, 0.05) is 23.8 Å². The van der Waals surface area contributed by atoms with Crippen molar-refractivity contribution in [1.82, 2.24) is 10.3 Å². The predicted molar refractivity (Wildman–Crippen MR) is 94.1 cm³/mol. The van der Waals surface area contributed by atoms with E-state index in [0.717, 1.165) is 25.0 Å². The third-order valence-corrected chi connectivity index (χ3v) is 4.31. The lowest BCUT2D eigenvalue weighted by atomic mass is 9.87. The minimum atomic E-state index is 0.160. The second-order valence-corrected chi connectivity index (χ2v) is 8.44. The van der Waals surface area contributed by atoms with Gasteiger partial charge in [0.05, 0.1) is 6.61 Å². The van der Waals surface area contributed by atoms with Gasteiger partial charge in [0.2, 0.25) is 5.88 Å². The van der Waals surface area contributed by atoms with Crippen LogP contribution in [0.2, 0.25) is 0 Å². The van der Waals surface area contributed by atoms with E-state index in [2.05, 4.69) is 51.8 Å². The van der Waals surface area contributed by atoms with Gasteiger partial charge in [0.1, 0.15) is 11.9 Å². The van der Waals surface area contributed by atoms with Crippen LogP contribution in [-0.2, 0) is 0 Å². The van der Waals surface area contributed by atoms with Crippen molar-refractivity contribution in [2.24, 2.45) is 5.41 Å². The molecule has 1 heterocycles. The smallest absolute Gasteiger partial charge is 0.217 e. The molecule has 1 fully saturated rings. The van der Waals surface area contributed by atoms with E-state index in [0.29, 0.717) is 18.5 Å². The Morgan fingerprint density at radius 2 is 1.91 bits per heavy atom. The maximum atomic E-state index is 5.96. The molecule has 23 heavy (non-hydrogen) atoms. The maximum Gasteiger partial charge on any atom is 0.217 e. The Morgan fingerprint density at radius 1 is 1.22 bits per heavy atom. The summed E-state index contributed by atoms with van der Waals surface area (Å²) in [5.74, 6) is 1.50. The molecule has 0 aromatic carbocycles. The number of nitrogens with one attached hydrogen (secondary N) is 1. The summed E-state index contributed by atoms with van der Waals surface area (Å²) < 4.78 is 11.9. The fourth-order valence-corrected chi connectivity index (χ4v) is 2.49. The first kappa shape index (κ1) is 18.1. The van der Waals surface area contributed by atoms with Crippen molar-refractivity contribution >= 4 is 0 Å². The molecule has 0 atom stereocenters. The van der Waals surface area contributed by atoms with Gasteiger partial charge in [-0.2, -0.15) is 0 Å². The number of hydrogen-bond acceptors (Lipinski definition) is 4. The van der Waals surface area contributed by atoms with Crippen molar-refractivity contribution in [2.75, 3.05) is 6.61 Å². The molecule has 2 rings (SSSR count). The highest BCUT2D eigenvalue weighted by atomic mass is 16.5. The van der Waals surface area contributed by atoms with Gasteiger partial charge in [-0.05, 0) is 51.5 Å². The fourth-order valence-electron chi connectivity index (χ4n) is 2.49. The zero-order valence-corrected chi connectivity index (χ0v) is 15.5. The topological polar surface area (TPSA) is 43.4 Å². The Bertz CT molecular complexity index is 502. The monoisotopic (exact) mass is 320 g/mol. The van der Waals surface area contributed by atoms with Crippen molar-refractivity contribution in [3.05, 3.63) is 18.3 Å². The minimum Gasteiger partial charge on any atom is -0.493 e. The summed E-state index contributed by atoms with van der Waals surface area (Å²) in [7, 11) is 0. The molecular weight excluding hydrogens is 288 g/mol. The van der Waals surface area contributed by atoms with Crippen molar-refractivity contribution in [1.29, 1.82) is 0 Å². The highest BCUT2D eigenvalue weighted by molar-refractivity contribution is 5.26. The lowest BCUT2D eigenvalue weighted by Gasteiger charge is -2.39. The van der Waals surface area contributed by atoms with Crippen LogP contribution in [0.1, 0.15) is 60.8 Å². The van der Waals surface area contributed by atoms with E-state index >= 15 is 0 Å². The van der Waals surface area contributed by atoms with Gasteiger partial charge >= 0.3 is 0 Å². The van der Waals surface area contributed by atoms with Gasteiger partial charge in [0.25, 0.3) is 0 Å². The number of aromatic nitrogens is 1. The first-order chi connectivity index (χ1) is 10.7. The number of hydrogen-bond donors (Lipinski definition) is 1. The molecule has 1 aromatic heterocycles. The van der Waals surface area contributed by atoms with Gasteiger partial charge in [-0.3, -0.25) is 0 Å². The molecule has 1 aliphatic rings. The predicted octanol–water partition coefficient (Wildman–Crippen LogP) is 4.19. The summed E-state index contributed by atoms with van der Waals surface area (Å²) in [4.78, 5) is 4.30. The Morgan fingerprint density at radius 3 is 2.52 bits per heavy atom. The number of rotatable bonds is 7. The van der Waals surface area contributed by atoms with E-state index < -0.39 is 0 Å². The second kappa shape index (κ2) is 7.08. The largest absolute Gasteiger partial charge is 0.493 e. The van der Waals surface area contributed by atoms with Gasteiger partial charge in [-0.25, -0.2) is 4.98 Å². The first-order valence-electron chi connectivity index (χ1n) is 8.70. The van der Waals surface area contributed by atoms with Crippen molar-refractivity contribution in [3.8, 4) is 11.6 Å².